The number of nitrogens with two attached hydrogens (primary N) is 3. The van der Waals surface area contributed by atoms with Crippen LogP contribution in [0.25, 0.3) is 22.5 Å². The Morgan fingerprint density at radius 3 is 2.55 bits per heavy atom. The van der Waals surface area contributed by atoms with E-state index in [0.29, 0.717) is 29.0 Å². The number of hydrogen-bond acceptors (Lipinski definition) is 8. The van der Waals surface area contributed by atoms with Crippen molar-refractivity contribution in [1.82, 2.24) is 9.97 Å². The number of hydrogen-bond donors (Lipinski definition) is 6. The number of rotatable bonds is 6. The van der Waals surface area contributed by atoms with Crippen molar-refractivity contribution >= 4 is 23.2 Å². The number of aromatic amines is 1. The summed E-state index contributed by atoms with van der Waals surface area (Å²) in [5, 5.41) is 9.29. The van der Waals surface area contributed by atoms with Gasteiger partial charge in [0.2, 0.25) is 0 Å². The molecule has 29 heavy (non-hydrogen) atoms. The van der Waals surface area contributed by atoms with Crippen molar-refractivity contribution in [3.63, 3.8) is 0 Å². The standard InChI is InChI=1S/C19H20N6O4/c1-2-29-14-8-10(9-4-6-13(20)12(7-9)19(27)28)3-5-11(14)16-23-17(25-22)15(21)18(26)24-16/h3-8H,2,20-22H2,1H3,(H,27,28)(H2,23,24,25,26). The Morgan fingerprint density at radius 2 is 1.90 bits per heavy atom. The Morgan fingerprint density at radius 1 is 1.21 bits per heavy atom. The normalized spacial score (nSPS) is 10.6. The number of carboxylic acids is 1. The Hall–Kier alpha value is -4.05. The van der Waals surface area contributed by atoms with Crippen molar-refractivity contribution in [2.24, 2.45) is 5.84 Å². The van der Waals surface area contributed by atoms with Gasteiger partial charge in [0, 0.05) is 5.69 Å². The molecular weight excluding hydrogens is 376 g/mol. The van der Waals surface area contributed by atoms with Crippen molar-refractivity contribution in [1.29, 1.82) is 0 Å². The number of benzene rings is 2. The van der Waals surface area contributed by atoms with E-state index in [-0.39, 0.29) is 28.6 Å². The Bertz CT molecular complexity index is 1140. The quantitative estimate of drug-likeness (QED) is 0.205. The molecule has 0 radical (unpaired) electrons. The highest BCUT2D eigenvalue weighted by molar-refractivity contribution is 5.95. The first-order valence-corrected chi connectivity index (χ1v) is 8.62. The van der Waals surface area contributed by atoms with Crippen LogP contribution in [0.5, 0.6) is 5.75 Å². The van der Waals surface area contributed by atoms with Crippen LogP contribution in [0.15, 0.2) is 41.2 Å². The van der Waals surface area contributed by atoms with Gasteiger partial charge in [0.25, 0.3) is 5.56 Å². The number of hydrazine groups is 1. The van der Waals surface area contributed by atoms with E-state index in [2.05, 4.69) is 15.4 Å². The van der Waals surface area contributed by atoms with Gasteiger partial charge >= 0.3 is 5.97 Å². The van der Waals surface area contributed by atoms with Crippen LogP contribution in [0.2, 0.25) is 0 Å². The van der Waals surface area contributed by atoms with Gasteiger partial charge in [-0.3, -0.25) is 4.79 Å². The van der Waals surface area contributed by atoms with Gasteiger partial charge < -0.3 is 31.7 Å². The molecule has 0 atom stereocenters. The third kappa shape index (κ3) is 3.82. The summed E-state index contributed by atoms with van der Waals surface area (Å²) in [4.78, 5) is 30.2. The highest BCUT2D eigenvalue weighted by Crippen LogP contribution is 2.34. The zero-order valence-electron chi connectivity index (χ0n) is 15.5. The summed E-state index contributed by atoms with van der Waals surface area (Å²) >= 11 is 0. The van der Waals surface area contributed by atoms with Crippen LogP contribution in [0, 0.1) is 0 Å². The first-order chi connectivity index (χ1) is 13.8. The van der Waals surface area contributed by atoms with E-state index in [1.165, 1.54) is 12.1 Å². The van der Waals surface area contributed by atoms with Crippen molar-refractivity contribution in [2.75, 3.05) is 23.5 Å². The first kappa shape index (κ1) is 19.7. The zero-order chi connectivity index (χ0) is 21.1. The minimum absolute atomic E-state index is 0.00716. The van der Waals surface area contributed by atoms with Gasteiger partial charge in [0.15, 0.2) is 5.82 Å². The minimum Gasteiger partial charge on any atom is -0.493 e. The summed E-state index contributed by atoms with van der Waals surface area (Å²) in [6.45, 7) is 2.17. The van der Waals surface area contributed by atoms with E-state index in [4.69, 9.17) is 22.0 Å². The lowest BCUT2D eigenvalue weighted by Crippen LogP contribution is -2.20. The fraction of sp³-hybridized carbons (Fsp3) is 0.105. The van der Waals surface area contributed by atoms with Crippen molar-refractivity contribution in [3.8, 4) is 28.3 Å². The van der Waals surface area contributed by atoms with Gasteiger partial charge in [-0.05, 0) is 42.3 Å². The summed E-state index contributed by atoms with van der Waals surface area (Å²) in [6.07, 6.45) is 0. The highest BCUT2D eigenvalue weighted by atomic mass is 16.5. The summed E-state index contributed by atoms with van der Waals surface area (Å²) in [7, 11) is 0. The molecule has 1 aromatic heterocycles. The average molecular weight is 396 g/mol. The molecule has 9 N–H and O–H groups in total. The summed E-state index contributed by atoms with van der Waals surface area (Å²) < 4.78 is 5.71. The van der Waals surface area contributed by atoms with Gasteiger partial charge in [-0.25, -0.2) is 15.6 Å². The summed E-state index contributed by atoms with van der Waals surface area (Å²) in [5.74, 6) is 4.96. The molecule has 0 aliphatic rings. The number of aromatic carboxylic acids is 1. The Labute approximate surface area is 165 Å². The molecule has 0 saturated carbocycles. The second-order valence-electron chi connectivity index (χ2n) is 6.07. The van der Waals surface area contributed by atoms with Crippen LogP contribution in [-0.4, -0.2) is 27.7 Å². The second-order valence-corrected chi connectivity index (χ2v) is 6.07. The molecule has 10 nitrogen and oxygen atoms in total. The lowest BCUT2D eigenvalue weighted by molar-refractivity contribution is 0.0698. The van der Waals surface area contributed by atoms with Crippen LogP contribution < -0.4 is 33.0 Å². The predicted octanol–water partition coefficient (Wildman–Crippen LogP) is 1.65. The molecule has 2 aromatic carbocycles. The fourth-order valence-corrected chi connectivity index (χ4v) is 2.81. The van der Waals surface area contributed by atoms with E-state index in [9.17, 15) is 14.7 Å². The number of aromatic nitrogens is 2. The third-order valence-corrected chi connectivity index (χ3v) is 4.25. The topological polar surface area (TPSA) is 182 Å². The molecule has 0 aliphatic heterocycles. The molecule has 0 aliphatic carbocycles. The van der Waals surface area contributed by atoms with Gasteiger partial charge in [0.05, 0.1) is 17.7 Å². The molecule has 0 bridgehead atoms. The first-order valence-electron chi connectivity index (χ1n) is 8.62. The Balaban J connectivity index is 2.14. The van der Waals surface area contributed by atoms with E-state index in [1.54, 1.807) is 24.3 Å². The predicted molar refractivity (Wildman–Crippen MR) is 110 cm³/mol. The van der Waals surface area contributed by atoms with Crippen molar-refractivity contribution in [2.45, 2.75) is 6.92 Å². The molecule has 0 fully saturated rings. The molecule has 150 valence electrons. The SMILES string of the molecule is CCOc1cc(-c2ccc(N)c(C(=O)O)c2)ccc1-c1nc(NN)c(N)c(=O)[nH]1. The number of nitrogens with zero attached hydrogens (tertiary/aromatic N) is 1. The number of nitrogens with one attached hydrogen (secondary N) is 2. The summed E-state index contributed by atoms with van der Waals surface area (Å²) in [5.41, 5.74) is 15.0. The monoisotopic (exact) mass is 396 g/mol. The number of H-pyrrole nitrogens is 1. The molecule has 0 unspecified atom stereocenters. The molecule has 10 heteroatoms. The third-order valence-electron chi connectivity index (χ3n) is 4.25. The van der Waals surface area contributed by atoms with Gasteiger partial charge in [0.1, 0.15) is 17.3 Å². The molecule has 3 rings (SSSR count). The number of ether oxygens (including phenoxy) is 1. The van der Waals surface area contributed by atoms with Gasteiger partial charge in [-0.2, -0.15) is 0 Å². The lowest BCUT2D eigenvalue weighted by atomic mass is 10.00. The maximum Gasteiger partial charge on any atom is 0.337 e. The molecular formula is C19H20N6O4. The minimum atomic E-state index is -1.11. The van der Waals surface area contributed by atoms with Crippen LogP contribution in [0.1, 0.15) is 17.3 Å². The average Bonchev–Trinajstić information content (AvgIpc) is 2.70. The van der Waals surface area contributed by atoms with Crippen molar-refractivity contribution in [3.05, 3.63) is 52.3 Å². The maximum atomic E-state index is 12.1. The number of anilines is 3. The van der Waals surface area contributed by atoms with Crippen LogP contribution in [-0.2, 0) is 0 Å². The second kappa shape index (κ2) is 7.90. The molecule has 0 saturated heterocycles. The van der Waals surface area contributed by atoms with Crippen LogP contribution >= 0.6 is 0 Å². The fourth-order valence-electron chi connectivity index (χ4n) is 2.81. The van der Waals surface area contributed by atoms with Gasteiger partial charge in [-0.1, -0.05) is 12.1 Å². The smallest absolute Gasteiger partial charge is 0.337 e. The maximum absolute atomic E-state index is 12.1. The van der Waals surface area contributed by atoms with E-state index in [1.807, 2.05) is 6.92 Å². The van der Waals surface area contributed by atoms with Crippen LogP contribution in [0.4, 0.5) is 17.2 Å². The number of carboxylic acid groups (broad SMARTS) is 1. The number of carbonyl (C=O) groups is 1. The highest BCUT2D eigenvalue weighted by Gasteiger charge is 2.15. The van der Waals surface area contributed by atoms with Gasteiger partial charge in [-0.15, -0.1) is 0 Å². The molecule has 0 amide bonds. The van der Waals surface area contributed by atoms with E-state index in [0.717, 1.165) is 0 Å². The summed E-state index contributed by atoms with van der Waals surface area (Å²) in [6, 6.07) is 9.91. The van der Waals surface area contributed by atoms with E-state index >= 15 is 0 Å². The molecule has 3 aromatic rings. The molecule has 0 spiro atoms. The van der Waals surface area contributed by atoms with E-state index < -0.39 is 11.5 Å². The number of nitrogen functional groups attached to an aromatic ring is 3. The Kier molecular flexibility index (Phi) is 5.37. The molecule has 1 heterocycles. The largest absolute Gasteiger partial charge is 0.493 e. The lowest BCUT2D eigenvalue weighted by Gasteiger charge is -2.14. The van der Waals surface area contributed by atoms with Crippen LogP contribution in [0.3, 0.4) is 0 Å². The van der Waals surface area contributed by atoms with Crippen molar-refractivity contribution < 1.29 is 14.6 Å². The zero-order valence-corrected chi connectivity index (χ0v) is 15.5.